The molecule has 16 heavy (non-hydrogen) atoms. The van der Waals surface area contributed by atoms with Gasteiger partial charge in [-0.3, -0.25) is 4.98 Å². The normalized spacial score (nSPS) is 11.3. The summed E-state index contributed by atoms with van der Waals surface area (Å²) in [6.07, 6.45) is 11.4. The summed E-state index contributed by atoms with van der Waals surface area (Å²) in [6, 6.07) is 2.16. The summed E-state index contributed by atoms with van der Waals surface area (Å²) in [5, 5.41) is 0. The van der Waals surface area contributed by atoms with E-state index in [1.54, 1.807) is 0 Å². The van der Waals surface area contributed by atoms with Crippen molar-refractivity contribution in [3.05, 3.63) is 41.2 Å². The van der Waals surface area contributed by atoms with Gasteiger partial charge in [0.25, 0.3) is 0 Å². The maximum absolute atomic E-state index is 4.34. The van der Waals surface area contributed by atoms with Crippen LogP contribution in [0.25, 0.3) is 12.2 Å². The van der Waals surface area contributed by atoms with Crippen molar-refractivity contribution in [2.24, 2.45) is 0 Å². The van der Waals surface area contributed by atoms with E-state index >= 15 is 0 Å². The van der Waals surface area contributed by atoms with Crippen LogP contribution >= 0.6 is 0 Å². The zero-order valence-corrected chi connectivity index (χ0v) is 11.1. The molecule has 0 N–H and O–H groups in total. The van der Waals surface area contributed by atoms with E-state index in [-0.39, 0.29) is 0 Å². The fraction of sp³-hybridized carbons (Fsp3) is 0.400. The van der Waals surface area contributed by atoms with Crippen LogP contribution in [0.15, 0.2) is 24.4 Å². The number of pyridine rings is 1. The van der Waals surface area contributed by atoms with Gasteiger partial charge < -0.3 is 0 Å². The molecule has 0 aliphatic heterocycles. The molecule has 0 aromatic carbocycles. The maximum atomic E-state index is 4.34. The molecule has 2 rings (SSSR count). The topological polar surface area (TPSA) is 12.9 Å². The van der Waals surface area contributed by atoms with Crippen LogP contribution in [0.2, 0.25) is 0 Å². The number of fused-ring (bicyclic) bond motifs is 1. The van der Waals surface area contributed by atoms with Crippen LogP contribution in [0.1, 0.15) is 50.9 Å². The number of hydrogen-bond acceptors (Lipinski definition) is 1. The van der Waals surface area contributed by atoms with Crippen molar-refractivity contribution in [3.63, 3.8) is 0 Å². The Morgan fingerprint density at radius 3 is 2.31 bits per heavy atom. The summed E-state index contributed by atoms with van der Waals surface area (Å²) in [6.45, 7) is 10.1. The van der Waals surface area contributed by atoms with Crippen molar-refractivity contribution in [1.29, 1.82) is 0 Å². The number of nitrogens with zero attached hydrogens (tertiary/aromatic N) is 1. The Bertz CT molecular complexity index is 348. The molecular weight excluding hydrogens is 194 g/mol. The highest BCUT2D eigenvalue weighted by Gasteiger charge is 1.99. The van der Waals surface area contributed by atoms with Gasteiger partial charge in [0.15, 0.2) is 0 Å². The highest BCUT2D eigenvalue weighted by atomic mass is 14.7. The lowest BCUT2D eigenvalue weighted by molar-refractivity contribution is 1.23. The van der Waals surface area contributed by atoms with Crippen molar-refractivity contribution in [1.82, 2.24) is 4.98 Å². The summed E-state index contributed by atoms with van der Waals surface area (Å²) in [5.74, 6) is 0. The van der Waals surface area contributed by atoms with E-state index in [1.165, 1.54) is 11.1 Å². The van der Waals surface area contributed by atoms with Crippen LogP contribution in [0, 0.1) is 6.92 Å². The van der Waals surface area contributed by atoms with Gasteiger partial charge in [0, 0.05) is 11.8 Å². The number of hydrogen-bond donors (Lipinski definition) is 0. The van der Waals surface area contributed by atoms with Gasteiger partial charge in [-0.25, -0.2) is 0 Å². The largest absolute Gasteiger partial charge is 0.256 e. The second-order valence-corrected chi connectivity index (χ2v) is 3.03. The average Bonchev–Trinajstić information content (AvgIpc) is 2.59. The molecular formula is C15H23N. The van der Waals surface area contributed by atoms with Crippen molar-refractivity contribution < 1.29 is 0 Å². The molecule has 0 atom stereocenters. The molecule has 0 bridgehead atoms. The summed E-state index contributed by atoms with van der Waals surface area (Å²) in [5.41, 5.74) is 3.52. The number of aryl methyl sites for hydroxylation is 1. The van der Waals surface area contributed by atoms with Crippen LogP contribution in [-0.4, -0.2) is 4.98 Å². The number of aromatic nitrogens is 1. The summed E-state index contributed by atoms with van der Waals surface area (Å²) in [7, 11) is 0. The van der Waals surface area contributed by atoms with Crippen LogP contribution < -0.4 is 0 Å². The predicted octanol–water partition coefficient (Wildman–Crippen LogP) is 4.87. The van der Waals surface area contributed by atoms with Crippen molar-refractivity contribution in [2.45, 2.75) is 41.0 Å². The molecule has 1 aliphatic carbocycles. The van der Waals surface area contributed by atoms with Crippen molar-refractivity contribution in [2.75, 3.05) is 0 Å². The molecule has 1 aromatic rings. The molecule has 88 valence electrons. The Labute approximate surface area is 99.9 Å². The third-order valence-corrected chi connectivity index (χ3v) is 1.93. The molecule has 0 saturated heterocycles. The fourth-order valence-electron chi connectivity index (χ4n) is 1.33. The molecule has 0 radical (unpaired) electrons. The van der Waals surface area contributed by atoms with Gasteiger partial charge in [0.2, 0.25) is 0 Å². The molecule has 1 aromatic heterocycles. The van der Waals surface area contributed by atoms with Gasteiger partial charge in [-0.1, -0.05) is 45.9 Å². The third-order valence-electron chi connectivity index (χ3n) is 1.93. The van der Waals surface area contributed by atoms with Crippen LogP contribution in [-0.2, 0) is 0 Å². The van der Waals surface area contributed by atoms with E-state index in [1.807, 2.05) is 33.9 Å². The lowest BCUT2D eigenvalue weighted by Gasteiger charge is -1.99. The van der Waals surface area contributed by atoms with E-state index in [0.29, 0.717) is 0 Å². The van der Waals surface area contributed by atoms with Gasteiger partial charge in [-0.15, -0.1) is 0 Å². The average molecular weight is 217 g/mol. The first-order chi connectivity index (χ1) is 7.86. The first kappa shape index (κ1) is 14.6. The summed E-state index contributed by atoms with van der Waals surface area (Å²) >= 11 is 0. The molecule has 0 saturated carbocycles. The van der Waals surface area contributed by atoms with Gasteiger partial charge in [0.05, 0.1) is 5.69 Å². The van der Waals surface area contributed by atoms with Gasteiger partial charge >= 0.3 is 0 Å². The number of allylic oxidation sites excluding steroid dienone is 2. The third kappa shape index (κ3) is 4.43. The smallest absolute Gasteiger partial charge is 0.0698 e. The summed E-state index contributed by atoms with van der Waals surface area (Å²) in [4.78, 5) is 4.34. The van der Waals surface area contributed by atoms with Gasteiger partial charge in [-0.05, 0) is 31.1 Å². The Kier molecular flexibility index (Phi) is 8.14. The van der Waals surface area contributed by atoms with Crippen molar-refractivity contribution >= 4 is 12.2 Å². The quantitative estimate of drug-likeness (QED) is 0.604. The minimum Gasteiger partial charge on any atom is -0.256 e. The second kappa shape index (κ2) is 8.90. The van der Waals surface area contributed by atoms with Crippen LogP contribution in [0.3, 0.4) is 0 Å². The van der Waals surface area contributed by atoms with E-state index < -0.39 is 0 Å². The van der Waals surface area contributed by atoms with E-state index in [9.17, 15) is 0 Å². The highest BCUT2D eigenvalue weighted by Crippen LogP contribution is 2.15. The summed E-state index contributed by atoms with van der Waals surface area (Å²) < 4.78 is 0. The fourth-order valence-corrected chi connectivity index (χ4v) is 1.33. The zero-order valence-electron chi connectivity index (χ0n) is 11.1. The van der Waals surface area contributed by atoms with E-state index in [4.69, 9.17) is 0 Å². The van der Waals surface area contributed by atoms with Gasteiger partial charge in [0.1, 0.15) is 0 Å². The molecule has 1 heteroatoms. The minimum atomic E-state index is 1.01. The molecule has 0 amide bonds. The Morgan fingerprint density at radius 1 is 1.00 bits per heavy atom. The monoisotopic (exact) mass is 217 g/mol. The van der Waals surface area contributed by atoms with Crippen molar-refractivity contribution in [3.8, 4) is 0 Å². The van der Waals surface area contributed by atoms with Crippen LogP contribution in [0.4, 0.5) is 0 Å². The standard InChI is InChI=1S/C11H11N.2C2H6/c1-9-7-10-5-3-2-4-6-11(10)12-8-9;2*1-2/h3-8H,2H2,1H3;2*1-2H3. The number of rotatable bonds is 0. The molecule has 0 fully saturated rings. The van der Waals surface area contributed by atoms with E-state index in [0.717, 1.165) is 12.1 Å². The minimum absolute atomic E-state index is 1.01. The van der Waals surface area contributed by atoms with E-state index in [2.05, 4.69) is 42.3 Å². The highest BCUT2D eigenvalue weighted by molar-refractivity contribution is 5.64. The Balaban J connectivity index is 0.000000509. The predicted molar refractivity (Wildman–Crippen MR) is 74.4 cm³/mol. The lowest BCUT2D eigenvalue weighted by Crippen LogP contribution is -1.86. The SMILES string of the molecule is CC.CC.Cc1cnc2c(c1)C=CCC=C2. The second-order valence-electron chi connectivity index (χ2n) is 3.03. The molecule has 0 spiro atoms. The first-order valence-electron chi connectivity index (χ1n) is 6.16. The van der Waals surface area contributed by atoms with Crippen LogP contribution in [0.5, 0.6) is 0 Å². The zero-order chi connectivity index (χ0) is 12.4. The molecule has 0 unspecified atom stereocenters. The molecule has 1 heterocycles. The Hall–Kier alpha value is -1.37. The Morgan fingerprint density at radius 2 is 1.62 bits per heavy atom. The lowest BCUT2D eigenvalue weighted by atomic mass is 10.1. The van der Waals surface area contributed by atoms with Gasteiger partial charge in [-0.2, -0.15) is 0 Å². The molecule has 1 nitrogen and oxygen atoms in total. The maximum Gasteiger partial charge on any atom is 0.0698 e. The molecule has 1 aliphatic rings. The first-order valence-corrected chi connectivity index (χ1v) is 6.16.